The summed E-state index contributed by atoms with van der Waals surface area (Å²) in [6, 6.07) is 0. The SMILES string of the molecule is C[SiH](CCl)C1CCCCO1. The first-order valence-electron chi connectivity index (χ1n) is 4.02. The molecule has 0 N–H and O–H groups in total. The van der Waals surface area contributed by atoms with Crippen molar-refractivity contribution in [2.24, 2.45) is 0 Å². The predicted molar refractivity (Wildman–Crippen MR) is 47.3 cm³/mol. The summed E-state index contributed by atoms with van der Waals surface area (Å²) in [5, 5.41) is 0. The minimum atomic E-state index is -0.719. The molecule has 1 fully saturated rings. The lowest BCUT2D eigenvalue weighted by atomic mass is 10.2. The Labute approximate surface area is 69.3 Å². The van der Waals surface area contributed by atoms with Crippen LogP contribution in [0.5, 0.6) is 0 Å². The summed E-state index contributed by atoms with van der Waals surface area (Å²) in [5.74, 6) is 0. The van der Waals surface area contributed by atoms with Crippen molar-refractivity contribution in [1.82, 2.24) is 0 Å². The molecule has 2 unspecified atom stereocenters. The lowest BCUT2D eigenvalue weighted by Crippen LogP contribution is -2.35. The third-order valence-corrected chi connectivity index (χ3v) is 5.84. The first kappa shape index (κ1) is 8.56. The Morgan fingerprint density at radius 3 is 2.90 bits per heavy atom. The summed E-state index contributed by atoms with van der Waals surface area (Å²) < 4.78 is 5.61. The van der Waals surface area contributed by atoms with Gasteiger partial charge in [-0.3, -0.25) is 0 Å². The van der Waals surface area contributed by atoms with E-state index in [1.807, 2.05) is 0 Å². The van der Waals surface area contributed by atoms with Crippen LogP contribution in [0.15, 0.2) is 0 Å². The molecule has 0 saturated carbocycles. The second-order valence-corrected chi connectivity index (χ2v) is 6.97. The van der Waals surface area contributed by atoms with E-state index < -0.39 is 8.80 Å². The molecule has 2 atom stereocenters. The average molecular weight is 179 g/mol. The highest BCUT2D eigenvalue weighted by atomic mass is 35.5. The molecule has 0 aliphatic carbocycles. The van der Waals surface area contributed by atoms with E-state index in [1.54, 1.807) is 0 Å². The number of ether oxygens (including phenoxy) is 1. The summed E-state index contributed by atoms with van der Waals surface area (Å²) in [6.07, 6.45) is 3.86. The fraction of sp³-hybridized carbons (Fsp3) is 1.00. The molecule has 0 amide bonds. The van der Waals surface area contributed by atoms with Gasteiger partial charge in [-0.05, 0) is 19.3 Å². The van der Waals surface area contributed by atoms with E-state index in [1.165, 1.54) is 19.3 Å². The first-order chi connectivity index (χ1) is 4.84. The molecule has 1 rings (SSSR count). The van der Waals surface area contributed by atoms with Crippen molar-refractivity contribution in [1.29, 1.82) is 0 Å². The van der Waals surface area contributed by atoms with Gasteiger partial charge in [0, 0.05) is 17.8 Å². The molecule has 1 saturated heterocycles. The van der Waals surface area contributed by atoms with Gasteiger partial charge in [0.15, 0.2) is 0 Å². The Hall–Kier alpha value is 0.467. The molecule has 0 radical (unpaired) electrons. The second-order valence-electron chi connectivity index (χ2n) is 3.04. The van der Waals surface area contributed by atoms with Crippen LogP contribution in [0.3, 0.4) is 0 Å². The molecule has 1 aliphatic heterocycles. The molecule has 60 valence electrons. The molecule has 1 aliphatic rings. The monoisotopic (exact) mass is 178 g/mol. The minimum Gasteiger partial charge on any atom is -0.382 e. The molecule has 0 spiro atoms. The molecule has 3 heteroatoms. The van der Waals surface area contributed by atoms with Crippen molar-refractivity contribution >= 4 is 20.4 Å². The number of rotatable bonds is 2. The van der Waals surface area contributed by atoms with Crippen LogP contribution in [0.4, 0.5) is 0 Å². The largest absolute Gasteiger partial charge is 0.382 e. The van der Waals surface area contributed by atoms with Gasteiger partial charge >= 0.3 is 0 Å². The minimum absolute atomic E-state index is 0.575. The maximum Gasteiger partial charge on any atom is 0.0850 e. The summed E-state index contributed by atoms with van der Waals surface area (Å²) >= 11 is 5.77. The lowest BCUT2D eigenvalue weighted by Gasteiger charge is -2.25. The summed E-state index contributed by atoms with van der Waals surface area (Å²) in [7, 11) is -0.719. The van der Waals surface area contributed by atoms with Gasteiger partial charge < -0.3 is 4.74 Å². The van der Waals surface area contributed by atoms with Crippen LogP contribution >= 0.6 is 11.6 Å². The van der Waals surface area contributed by atoms with Crippen LogP contribution in [0.25, 0.3) is 0 Å². The molecular weight excluding hydrogens is 164 g/mol. The summed E-state index contributed by atoms with van der Waals surface area (Å²) in [4.78, 5) is 0. The van der Waals surface area contributed by atoms with Gasteiger partial charge in [-0.2, -0.15) is 0 Å². The van der Waals surface area contributed by atoms with Crippen LogP contribution in [-0.2, 0) is 4.74 Å². The van der Waals surface area contributed by atoms with Crippen LogP contribution in [0, 0.1) is 0 Å². The van der Waals surface area contributed by atoms with Gasteiger partial charge in [-0.25, -0.2) is 0 Å². The zero-order valence-electron chi connectivity index (χ0n) is 6.48. The molecule has 0 aromatic heterocycles. The molecule has 1 nitrogen and oxygen atoms in total. The molecular formula is C7H15ClOSi. The van der Waals surface area contributed by atoms with E-state index in [-0.39, 0.29) is 0 Å². The molecule has 0 bridgehead atoms. The Morgan fingerprint density at radius 2 is 2.40 bits per heavy atom. The number of hydrogen-bond donors (Lipinski definition) is 0. The quantitative estimate of drug-likeness (QED) is 0.463. The molecule has 10 heavy (non-hydrogen) atoms. The van der Waals surface area contributed by atoms with Gasteiger partial charge in [-0.15, -0.1) is 11.6 Å². The highest BCUT2D eigenvalue weighted by Crippen LogP contribution is 2.15. The Kier molecular flexibility index (Phi) is 3.74. The molecule has 0 aromatic rings. The molecule has 0 aromatic carbocycles. The van der Waals surface area contributed by atoms with Gasteiger partial charge in [0.05, 0.1) is 8.80 Å². The van der Waals surface area contributed by atoms with Crippen LogP contribution < -0.4 is 0 Å². The second kappa shape index (κ2) is 4.37. The third kappa shape index (κ3) is 2.26. The number of alkyl halides is 1. The molecule has 1 heterocycles. The Balaban J connectivity index is 2.24. The fourth-order valence-electron chi connectivity index (χ4n) is 1.31. The zero-order chi connectivity index (χ0) is 7.40. The normalized spacial score (nSPS) is 30.0. The van der Waals surface area contributed by atoms with Crippen LogP contribution in [0.1, 0.15) is 19.3 Å². The maximum atomic E-state index is 5.77. The predicted octanol–water partition coefficient (Wildman–Crippen LogP) is 1.73. The van der Waals surface area contributed by atoms with E-state index in [2.05, 4.69) is 6.55 Å². The van der Waals surface area contributed by atoms with Crippen molar-refractivity contribution in [2.45, 2.75) is 31.5 Å². The van der Waals surface area contributed by atoms with Gasteiger partial charge in [0.1, 0.15) is 0 Å². The van der Waals surface area contributed by atoms with E-state index >= 15 is 0 Å². The smallest absolute Gasteiger partial charge is 0.0850 e. The summed E-state index contributed by atoms with van der Waals surface area (Å²) in [5.41, 5.74) is 1.44. The van der Waals surface area contributed by atoms with Crippen molar-refractivity contribution in [3.05, 3.63) is 0 Å². The van der Waals surface area contributed by atoms with Crippen molar-refractivity contribution in [2.75, 3.05) is 12.1 Å². The average Bonchev–Trinajstić information content (AvgIpc) is 2.05. The maximum absolute atomic E-state index is 5.77. The van der Waals surface area contributed by atoms with Gasteiger partial charge in [0.2, 0.25) is 0 Å². The van der Waals surface area contributed by atoms with Gasteiger partial charge in [0.25, 0.3) is 0 Å². The standard InChI is InChI=1S/C7H15ClOSi/c1-10(6-8)7-4-2-3-5-9-7/h7,10H,2-6H2,1H3. The van der Waals surface area contributed by atoms with Crippen molar-refractivity contribution < 1.29 is 4.74 Å². The first-order valence-corrected chi connectivity index (χ1v) is 7.19. The Bertz CT molecular complexity index is 93.6. The van der Waals surface area contributed by atoms with Gasteiger partial charge in [-0.1, -0.05) is 6.55 Å². The zero-order valence-corrected chi connectivity index (χ0v) is 8.39. The van der Waals surface area contributed by atoms with Crippen molar-refractivity contribution in [3.63, 3.8) is 0 Å². The lowest BCUT2D eigenvalue weighted by molar-refractivity contribution is 0.0630. The highest BCUT2D eigenvalue weighted by molar-refractivity contribution is 6.67. The highest BCUT2D eigenvalue weighted by Gasteiger charge is 2.20. The van der Waals surface area contributed by atoms with Crippen LogP contribution in [0.2, 0.25) is 6.55 Å². The fourth-order valence-corrected chi connectivity index (χ4v) is 3.38. The third-order valence-electron chi connectivity index (χ3n) is 2.09. The van der Waals surface area contributed by atoms with E-state index in [9.17, 15) is 0 Å². The van der Waals surface area contributed by atoms with Crippen molar-refractivity contribution in [3.8, 4) is 0 Å². The van der Waals surface area contributed by atoms with E-state index in [4.69, 9.17) is 16.3 Å². The topological polar surface area (TPSA) is 9.23 Å². The number of halogens is 1. The van der Waals surface area contributed by atoms with E-state index in [0.717, 1.165) is 12.1 Å². The Morgan fingerprint density at radius 1 is 1.60 bits per heavy atom. The number of hydrogen-bond acceptors (Lipinski definition) is 1. The van der Waals surface area contributed by atoms with E-state index in [0.29, 0.717) is 5.73 Å². The van der Waals surface area contributed by atoms with Crippen LogP contribution in [-0.4, -0.2) is 26.6 Å². The summed E-state index contributed by atoms with van der Waals surface area (Å²) in [6.45, 7) is 3.27.